The molecule has 0 saturated carbocycles. The predicted octanol–water partition coefficient (Wildman–Crippen LogP) is 0.295. The smallest absolute Gasteiger partial charge is 0.326 e. The summed E-state index contributed by atoms with van der Waals surface area (Å²) in [5.41, 5.74) is 5.00. The number of hydrogen-bond donors (Lipinski definition) is 4. The third-order valence-electron chi connectivity index (χ3n) is 3.02. The van der Waals surface area contributed by atoms with Crippen LogP contribution in [0.25, 0.3) is 0 Å². The number of carbonyl (C=O) groups excluding carboxylic acids is 2. The van der Waals surface area contributed by atoms with Crippen LogP contribution in [-0.2, 0) is 9.59 Å². The van der Waals surface area contributed by atoms with Crippen LogP contribution in [0.15, 0.2) is 0 Å². The van der Waals surface area contributed by atoms with Crippen LogP contribution in [0, 0.1) is 11.8 Å². The average Bonchev–Trinajstić information content (AvgIpc) is 2.30. The van der Waals surface area contributed by atoms with Crippen molar-refractivity contribution in [2.24, 2.45) is 17.6 Å². The highest BCUT2D eigenvalue weighted by Gasteiger charge is 2.30. The molecular weight excluding hydrogens is 250 g/mol. The van der Waals surface area contributed by atoms with Crippen molar-refractivity contribution in [2.45, 2.75) is 46.2 Å². The van der Waals surface area contributed by atoms with Gasteiger partial charge in [0.2, 0.25) is 5.91 Å². The summed E-state index contributed by atoms with van der Waals surface area (Å²) in [7, 11) is 0. The Hall–Kier alpha value is -1.79. The zero-order chi connectivity index (χ0) is 15.2. The summed E-state index contributed by atoms with van der Waals surface area (Å²) in [6.07, 6.45) is 0.618. The van der Waals surface area contributed by atoms with Crippen LogP contribution < -0.4 is 16.4 Å². The Morgan fingerprint density at radius 2 is 1.63 bits per heavy atom. The fourth-order valence-corrected chi connectivity index (χ4v) is 1.61. The minimum atomic E-state index is -1.09. The Bertz CT molecular complexity index is 344. The van der Waals surface area contributed by atoms with Gasteiger partial charge in [-0.15, -0.1) is 0 Å². The van der Waals surface area contributed by atoms with Gasteiger partial charge in [-0.05, 0) is 11.8 Å². The molecule has 0 bridgehead atoms. The fraction of sp³-hybridized carbons (Fsp3) is 0.750. The van der Waals surface area contributed by atoms with Crippen molar-refractivity contribution in [3.63, 3.8) is 0 Å². The lowest BCUT2D eigenvalue weighted by atomic mass is 9.97. The third-order valence-corrected chi connectivity index (χ3v) is 3.02. The van der Waals surface area contributed by atoms with E-state index in [9.17, 15) is 14.4 Å². The van der Waals surface area contributed by atoms with Crippen molar-refractivity contribution in [2.75, 3.05) is 0 Å². The van der Waals surface area contributed by atoms with E-state index in [0.29, 0.717) is 6.42 Å². The van der Waals surface area contributed by atoms with E-state index in [1.807, 2.05) is 6.92 Å². The van der Waals surface area contributed by atoms with Gasteiger partial charge < -0.3 is 21.5 Å². The number of primary amides is 1. The van der Waals surface area contributed by atoms with Gasteiger partial charge in [-0.1, -0.05) is 34.1 Å². The summed E-state index contributed by atoms with van der Waals surface area (Å²) in [6.45, 7) is 7.05. The van der Waals surface area contributed by atoms with Crippen LogP contribution in [-0.4, -0.2) is 35.1 Å². The molecule has 5 N–H and O–H groups in total. The summed E-state index contributed by atoms with van der Waals surface area (Å²) in [4.78, 5) is 34.0. The SMILES string of the molecule is CCC(C)[C@H](NC(=O)C(NC(N)=O)C(C)C)C(=O)O. The molecule has 3 atom stereocenters. The first-order chi connectivity index (χ1) is 8.70. The van der Waals surface area contributed by atoms with E-state index in [1.54, 1.807) is 20.8 Å². The van der Waals surface area contributed by atoms with Crippen LogP contribution >= 0.6 is 0 Å². The van der Waals surface area contributed by atoms with Crippen molar-refractivity contribution in [3.05, 3.63) is 0 Å². The highest BCUT2D eigenvalue weighted by atomic mass is 16.4. The monoisotopic (exact) mass is 273 g/mol. The van der Waals surface area contributed by atoms with E-state index in [4.69, 9.17) is 10.8 Å². The molecule has 2 unspecified atom stereocenters. The van der Waals surface area contributed by atoms with Gasteiger partial charge in [0.05, 0.1) is 0 Å². The molecule has 0 rings (SSSR count). The number of aliphatic carboxylic acids is 1. The first-order valence-corrected chi connectivity index (χ1v) is 6.29. The van der Waals surface area contributed by atoms with Crippen LogP contribution in [0.3, 0.4) is 0 Å². The molecule has 19 heavy (non-hydrogen) atoms. The van der Waals surface area contributed by atoms with Gasteiger partial charge in [0, 0.05) is 0 Å². The third kappa shape index (κ3) is 5.58. The van der Waals surface area contributed by atoms with E-state index in [-0.39, 0.29) is 11.8 Å². The number of carboxylic acids is 1. The molecule has 0 saturated heterocycles. The van der Waals surface area contributed by atoms with E-state index in [1.165, 1.54) is 0 Å². The lowest BCUT2D eigenvalue weighted by Crippen LogP contribution is -2.56. The number of rotatable bonds is 7. The maximum absolute atomic E-state index is 12.0. The molecule has 7 nitrogen and oxygen atoms in total. The molecule has 0 aliphatic heterocycles. The molecule has 0 radical (unpaired) electrons. The zero-order valence-corrected chi connectivity index (χ0v) is 11.8. The van der Waals surface area contributed by atoms with Gasteiger partial charge in [-0.2, -0.15) is 0 Å². The van der Waals surface area contributed by atoms with Crippen LogP contribution in [0.1, 0.15) is 34.1 Å². The van der Waals surface area contributed by atoms with E-state index < -0.39 is 30.0 Å². The highest BCUT2D eigenvalue weighted by Crippen LogP contribution is 2.09. The Balaban J connectivity index is 4.85. The molecular formula is C12H23N3O4. The quantitative estimate of drug-likeness (QED) is 0.532. The summed E-state index contributed by atoms with van der Waals surface area (Å²) in [6, 6.07) is -2.64. The molecule has 3 amide bonds. The van der Waals surface area contributed by atoms with Gasteiger partial charge >= 0.3 is 12.0 Å². The normalized spacial score (nSPS) is 15.4. The molecule has 110 valence electrons. The largest absolute Gasteiger partial charge is 0.480 e. The average molecular weight is 273 g/mol. The maximum Gasteiger partial charge on any atom is 0.326 e. The van der Waals surface area contributed by atoms with Gasteiger partial charge in [-0.25, -0.2) is 9.59 Å². The second-order valence-electron chi connectivity index (χ2n) is 4.94. The first-order valence-electron chi connectivity index (χ1n) is 6.29. The Morgan fingerprint density at radius 3 is 1.95 bits per heavy atom. The summed E-state index contributed by atoms with van der Waals surface area (Å²) >= 11 is 0. The van der Waals surface area contributed by atoms with Crippen molar-refractivity contribution in [1.29, 1.82) is 0 Å². The van der Waals surface area contributed by atoms with Gasteiger partial charge in [0.25, 0.3) is 0 Å². The topological polar surface area (TPSA) is 122 Å². The molecule has 7 heteroatoms. The molecule has 0 heterocycles. The number of carbonyl (C=O) groups is 3. The summed E-state index contributed by atoms with van der Waals surface area (Å²) < 4.78 is 0. The fourth-order valence-electron chi connectivity index (χ4n) is 1.61. The van der Waals surface area contributed by atoms with E-state index in [0.717, 1.165) is 0 Å². The summed E-state index contributed by atoms with van der Waals surface area (Å²) in [5.74, 6) is -2.03. The van der Waals surface area contributed by atoms with Crippen molar-refractivity contribution in [3.8, 4) is 0 Å². The molecule has 0 aliphatic carbocycles. The van der Waals surface area contributed by atoms with Crippen molar-refractivity contribution >= 4 is 17.9 Å². The minimum absolute atomic E-state index is 0.195. The number of nitrogens with two attached hydrogens (primary N) is 1. The van der Waals surface area contributed by atoms with E-state index in [2.05, 4.69) is 10.6 Å². The molecule has 0 spiro atoms. The minimum Gasteiger partial charge on any atom is -0.480 e. The number of nitrogens with one attached hydrogen (secondary N) is 2. The molecule has 0 aromatic rings. The van der Waals surface area contributed by atoms with E-state index >= 15 is 0 Å². The highest BCUT2D eigenvalue weighted by molar-refractivity contribution is 5.90. The standard InChI is InChI=1S/C12H23N3O4/c1-5-7(4)9(11(17)18)14-10(16)8(6(2)3)15-12(13)19/h6-9H,5H2,1-4H3,(H,14,16)(H,17,18)(H3,13,15,19)/t7?,8?,9-/m0/s1. The van der Waals surface area contributed by atoms with Crippen LogP contribution in [0.5, 0.6) is 0 Å². The first kappa shape index (κ1) is 17.2. The van der Waals surface area contributed by atoms with Gasteiger partial charge in [0.15, 0.2) is 0 Å². The summed E-state index contributed by atoms with van der Waals surface area (Å²) in [5, 5.41) is 13.9. The molecule has 0 aliphatic rings. The number of carboxylic acid groups (broad SMARTS) is 1. The Labute approximate surface area is 112 Å². The van der Waals surface area contributed by atoms with Gasteiger partial charge in [-0.3, -0.25) is 4.79 Å². The van der Waals surface area contributed by atoms with Crippen molar-refractivity contribution < 1.29 is 19.5 Å². The number of hydrogen-bond acceptors (Lipinski definition) is 3. The lowest BCUT2D eigenvalue weighted by molar-refractivity contribution is -0.143. The van der Waals surface area contributed by atoms with Crippen LogP contribution in [0.4, 0.5) is 4.79 Å². The lowest BCUT2D eigenvalue weighted by Gasteiger charge is -2.25. The zero-order valence-electron chi connectivity index (χ0n) is 11.8. The maximum atomic E-state index is 12.0. The molecule has 0 fully saturated rings. The second-order valence-corrected chi connectivity index (χ2v) is 4.94. The number of amides is 3. The number of urea groups is 1. The van der Waals surface area contributed by atoms with Crippen LogP contribution in [0.2, 0.25) is 0 Å². The Kier molecular flexibility index (Phi) is 6.89. The van der Waals surface area contributed by atoms with Crippen molar-refractivity contribution in [1.82, 2.24) is 10.6 Å². The predicted molar refractivity (Wildman–Crippen MR) is 70.4 cm³/mol. The molecule has 0 aromatic carbocycles. The van der Waals surface area contributed by atoms with Gasteiger partial charge in [0.1, 0.15) is 12.1 Å². The Morgan fingerprint density at radius 1 is 1.11 bits per heavy atom. The molecule has 0 aromatic heterocycles. The second kappa shape index (κ2) is 7.60.